The van der Waals surface area contributed by atoms with Crippen molar-refractivity contribution in [3.8, 4) is 5.75 Å². The topological polar surface area (TPSA) is 86.7 Å². The molecule has 0 bridgehead atoms. The van der Waals surface area contributed by atoms with Gasteiger partial charge in [-0.3, -0.25) is 4.79 Å². The lowest BCUT2D eigenvalue weighted by molar-refractivity contribution is -0.115. The molecule has 0 saturated carbocycles. The highest BCUT2D eigenvalue weighted by atomic mass is 32.2. The van der Waals surface area contributed by atoms with E-state index in [1.165, 1.54) is 33.8 Å². The normalized spacial score (nSPS) is 11.6. The lowest BCUT2D eigenvalue weighted by atomic mass is 10.2. The highest BCUT2D eigenvalue weighted by molar-refractivity contribution is 7.89. The monoisotopic (exact) mass is 368 g/mol. The number of aromatic hydroxyl groups is 1. The van der Waals surface area contributed by atoms with Gasteiger partial charge in [0.2, 0.25) is 15.9 Å². The van der Waals surface area contributed by atoms with Gasteiger partial charge in [-0.05, 0) is 40.6 Å². The third kappa shape index (κ3) is 4.14. The van der Waals surface area contributed by atoms with Gasteiger partial charge in [0.15, 0.2) is 0 Å². The number of thiophene rings is 1. The minimum absolute atomic E-state index is 0.0369. The predicted molar refractivity (Wildman–Crippen MR) is 94.9 cm³/mol. The van der Waals surface area contributed by atoms with Crippen LogP contribution in [0.15, 0.2) is 39.9 Å². The maximum absolute atomic E-state index is 12.5. The zero-order chi connectivity index (χ0) is 17.7. The number of anilines is 1. The summed E-state index contributed by atoms with van der Waals surface area (Å²) < 4.78 is 26.4. The van der Waals surface area contributed by atoms with Crippen molar-refractivity contribution in [2.75, 3.05) is 18.4 Å². The number of nitrogens with one attached hydrogen (secondary N) is 1. The van der Waals surface area contributed by atoms with E-state index >= 15 is 0 Å². The van der Waals surface area contributed by atoms with Gasteiger partial charge in [0.1, 0.15) is 5.75 Å². The van der Waals surface area contributed by atoms with Crippen molar-refractivity contribution in [2.24, 2.45) is 0 Å². The van der Waals surface area contributed by atoms with Crippen LogP contribution >= 0.6 is 11.3 Å². The Balaban J connectivity index is 2.24. The zero-order valence-electron chi connectivity index (χ0n) is 13.5. The molecule has 1 aromatic heterocycles. The second-order valence-electron chi connectivity index (χ2n) is 5.12. The molecule has 6 nitrogen and oxygen atoms in total. The predicted octanol–water partition coefficient (Wildman–Crippen LogP) is 2.67. The van der Waals surface area contributed by atoms with E-state index in [0.717, 1.165) is 5.56 Å². The van der Waals surface area contributed by atoms with E-state index in [1.807, 2.05) is 16.8 Å². The quantitative estimate of drug-likeness (QED) is 0.736. The smallest absolute Gasteiger partial charge is 0.243 e. The van der Waals surface area contributed by atoms with Gasteiger partial charge in [-0.2, -0.15) is 15.6 Å². The lowest BCUT2D eigenvalue weighted by Crippen LogP contribution is -2.30. The van der Waals surface area contributed by atoms with Crippen LogP contribution < -0.4 is 5.32 Å². The Kier molecular flexibility index (Phi) is 5.98. The van der Waals surface area contributed by atoms with Gasteiger partial charge in [0.05, 0.1) is 17.0 Å². The van der Waals surface area contributed by atoms with E-state index in [0.29, 0.717) is 13.1 Å². The summed E-state index contributed by atoms with van der Waals surface area (Å²) in [7, 11) is -3.65. The van der Waals surface area contributed by atoms with Gasteiger partial charge >= 0.3 is 0 Å². The van der Waals surface area contributed by atoms with Crippen LogP contribution in [0, 0.1) is 0 Å². The largest absolute Gasteiger partial charge is 0.506 e. The molecule has 0 atom stereocenters. The number of sulfonamides is 1. The molecule has 0 aliphatic carbocycles. The fourth-order valence-corrected chi connectivity index (χ4v) is 4.41. The summed E-state index contributed by atoms with van der Waals surface area (Å²) in [4.78, 5) is 12.1. The van der Waals surface area contributed by atoms with Crippen LogP contribution in [0.25, 0.3) is 0 Å². The molecule has 1 heterocycles. The van der Waals surface area contributed by atoms with Gasteiger partial charge < -0.3 is 10.4 Å². The minimum Gasteiger partial charge on any atom is -0.506 e. The van der Waals surface area contributed by atoms with Gasteiger partial charge in [-0.1, -0.05) is 13.8 Å². The Morgan fingerprint density at radius 3 is 2.54 bits per heavy atom. The molecule has 24 heavy (non-hydrogen) atoms. The van der Waals surface area contributed by atoms with Crippen molar-refractivity contribution in [1.82, 2.24) is 4.31 Å². The maximum Gasteiger partial charge on any atom is 0.243 e. The number of benzene rings is 1. The van der Waals surface area contributed by atoms with E-state index < -0.39 is 10.0 Å². The van der Waals surface area contributed by atoms with Crippen LogP contribution in [-0.4, -0.2) is 36.8 Å². The van der Waals surface area contributed by atoms with Crippen molar-refractivity contribution in [3.63, 3.8) is 0 Å². The van der Waals surface area contributed by atoms with E-state index in [4.69, 9.17) is 0 Å². The summed E-state index contributed by atoms with van der Waals surface area (Å²) in [6.07, 6.45) is 0.163. The van der Waals surface area contributed by atoms with Crippen molar-refractivity contribution in [2.45, 2.75) is 25.2 Å². The standard InChI is InChI=1S/C16H20N2O4S2/c1-3-18(4-2)24(21,22)13-5-6-15(19)14(10-13)17-16(20)9-12-7-8-23-11-12/h5-8,10-11,19H,3-4,9H2,1-2H3,(H,17,20). The number of hydrogen-bond acceptors (Lipinski definition) is 5. The first kappa shape index (κ1) is 18.4. The van der Waals surface area contributed by atoms with Crippen LogP contribution in [0.2, 0.25) is 0 Å². The maximum atomic E-state index is 12.5. The summed E-state index contributed by atoms with van der Waals surface area (Å²) in [6, 6.07) is 5.73. The molecule has 2 N–H and O–H groups in total. The minimum atomic E-state index is -3.65. The molecule has 2 aromatic rings. The van der Waals surface area contributed by atoms with Crippen LogP contribution in [0.3, 0.4) is 0 Å². The Bertz CT molecular complexity index is 797. The molecule has 2 rings (SSSR count). The van der Waals surface area contributed by atoms with Crippen molar-refractivity contribution < 1.29 is 18.3 Å². The molecule has 0 aliphatic heterocycles. The molecule has 1 aromatic carbocycles. The first-order valence-electron chi connectivity index (χ1n) is 7.52. The number of nitrogens with zero attached hydrogens (tertiary/aromatic N) is 1. The number of hydrogen-bond donors (Lipinski definition) is 2. The fraction of sp³-hybridized carbons (Fsp3) is 0.312. The molecular weight excluding hydrogens is 348 g/mol. The molecular formula is C16H20N2O4S2. The average Bonchev–Trinajstić information content (AvgIpc) is 3.03. The molecule has 0 radical (unpaired) electrons. The third-order valence-electron chi connectivity index (χ3n) is 3.53. The van der Waals surface area contributed by atoms with Crippen LogP contribution in [0.5, 0.6) is 5.75 Å². The first-order valence-corrected chi connectivity index (χ1v) is 9.90. The van der Waals surface area contributed by atoms with Crippen LogP contribution in [-0.2, 0) is 21.2 Å². The first-order chi connectivity index (χ1) is 11.4. The van der Waals surface area contributed by atoms with E-state index in [-0.39, 0.29) is 28.7 Å². The third-order valence-corrected chi connectivity index (χ3v) is 6.31. The highest BCUT2D eigenvalue weighted by Crippen LogP contribution is 2.28. The number of phenolic OH excluding ortho intramolecular Hbond substituents is 1. The summed E-state index contributed by atoms with van der Waals surface area (Å²) >= 11 is 1.49. The Morgan fingerprint density at radius 2 is 1.96 bits per heavy atom. The molecule has 0 saturated heterocycles. The summed E-state index contributed by atoms with van der Waals surface area (Å²) in [5.41, 5.74) is 0.951. The number of phenols is 1. The number of amides is 1. The van der Waals surface area contributed by atoms with Gasteiger partial charge in [0.25, 0.3) is 0 Å². The number of carbonyl (C=O) groups excluding carboxylic acids is 1. The number of carbonyl (C=O) groups is 1. The molecule has 0 spiro atoms. The van der Waals surface area contributed by atoms with Crippen molar-refractivity contribution in [3.05, 3.63) is 40.6 Å². The molecule has 1 amide bonds. The lowest BCUT2D eigenvalue weighted by Gasteiger charge is -2.19. The molecule has 0 aliphatic rings. The second kappa shape index (κ2) is 7.78. The van der Waals surface area contributed by atoms with Gasteiger partial charge in [-0.15, -0.1) is 0 Å². The molecule has 0 fully saturated rings. The SMILES string of the molecule is CCN(CC)S(=O)(=O)c1ccc(O)c(NC(=O)Cc2ccsc2)c1. The van der Waals surface area contributed by atoms with E-state index in [9.17, 15) is 18.3 Å². The average molecular weight is 368 g/mol. The number of rotatable bonds is 7. The Labute approximate surface area is 145 Å². The molecule has 8 heteroatoms. The second-order valence-corrected chi connectivity index (χ2v) is 7.84. The molecule has 130 valence electrons. The van der Waals surface area contributed by atoms with E-state index in [1.54, 1.807) is 13.8 Å². The van der Waals surface area contributed by atoms with Gasteiger partial charge in [0, 0.05) is 13.1 Å². The van der Waals surface area contributed by atoms with Gasteiger partial charge in [-0.25, -0.2) is 8.42 Å². The van der Waals surface area contributed by atoms with Crippen LogP contribution in [0.4, 0.5) is 5.69 Å². The Morgan fingerprint density at radius 1 is 1.25 bits per heavy atom. The molecule has 0 unspecified atom stereocenters. The summed E-state index contributed by atoms with van der Waals surface area (Å²) in [5, 5.41) is 16.2. The van der Waals surface area contributed by atoms with Crippen molar-refractivity contribution in [1.29, 1.82) is 0 Å². The Hall–Kier alpha value is -1.90. The zero-order valence-corrected chi connectivity index (χ0v) is 15.2. The van der Waals surface area contributed by atoms with Crippen molar-refractivity contribution >= 4 is 33.0 Å². The fourth-order valence-electron chi connectivity index (χ4n) is 2.26. The summed E-state index contributed by atoms with van der Waals surface area (Å²) in [6.45, 7) is 4.20. The summed E-state index contributed by atoms with van der Waals surface area (Å²) in [5.74, 6) is -0.492. The van der Waals surface area contributed by atoms with Crippen LogP contribution in [0.1, 0.15) is 19.4 Å². The highest BCUT2D eigenvalue weighted by Gasteiger charge is 2.23. The van der Waals surface area contributed by atoms with E-state index in [2.05, 4.69) is 5.32 Å².